The highest BCUT2D eigenvalue weighted by atomic mass is 32.1. The number of carboxylic acids is 1. The lowest BCUT2D eigenvalue weighted by molar-refractivity contribution is -0.141. The van der Waals surface area contributed by atoms with Crippen LogP contribution in [0.4, 0.5) is 0 Å². The van der Waals surface area contributed by atoms with Crippen LogP contribution in [0.3, 0.4) is 0 Å². The topological polar surface area (TPSA) is 79.3 Å². The lowest BCUT2D eigenvalue weighted by Gasteiger charge is -2.10. The summed E-state index contributed by atoms with van der Waals surface area (Å²) in [5.41, 5.74) is 0. The number of aliphatic carboxylic acids is 1. The lowest BCUT2D eigenvalue weighted by atomic mass is 10.1. The minimum Gasteiger partial charge on any atom is -0.481 e. The molecule has 1 aromatic rings. The number of carboxylic acid groups (broad SMARTS) is 1. The fourth-order valence-electron chi connectivity index (χ4n) is 2.34. The molecule has 0 unspecified atom stereocenters. The molecule has 0 aromatic carbocycles. The molecule has 1 aliphatic rings. The van der Waals surface area contributed by atoms with E-state index in [2.05, 4.69) is 17.2 Å². The van der Waals surface area contributed by atoms with Gasteiger partial charge in [0.25, 0.3) is 5.91 Å². The Balaban J connectivity index is 1.88. The third kappa shape index (κ3) is 3.53. The van der Waals surface area contributed by atoms with Gasteiger partial charge in [-0.3, -0.25) is 9.59 Å². The van der Waals surface area contributed by atoms with E-state index in [4.69, 9.17) is 5.11 Å². The van der Waals surface area contributed by atoms with Gasteiger partial charge in [0.15, 0.2) is 0 Å². The molecule has 0 bridgehead atoms. The summed E-state index contributed by atoms with van der Waals surface area (Å²) in [5.74, 6) is -1.21. The molecule has 0 saturated heterocycles. The van der Waals surface area contributed by atoms with Gasteiger partial charge >= 0.3 is 5.97 Å². The second-order valence-corrected chi connectivity index (χ2v) is 6.00. The van der Waals surface area contributed by atoms with Crippen LogP contribution in [0.2, 0.25) is 0 Å². The van der Waals surface area contributed by atoms with Crippen molar-refractivity contribution >= 4 is 23.2 Å². The molecular formula is C13H18N2O3S. The van der Waals surface area contributed by atoms with Gasteiger partial charge in [0.05, 0.1) is 17.1 Å². The number of rotatable bonds is 5. The number of amides is 1. The zero-order valence-corrected chi connectivity index (χ0v) is 11.7. The molecule has 1 heterocycles. The zero-order valence-electron chi connectivity index (χ0n) is 10.9. The summed E-state index contributed by atoms with van der Waals surface area (Å²) in [6, 6.07) is -0.0228. The number of carbonyl (C=O) groups excluding carboxylic acids is 1. The Morgan fingerprint density at radius 3 is 2.95 bits per heavy atom. The van der Waals surface area contributed by atoms with Crippen molar-refractivity contribution in [3.05, 3.63) is 16.1 Å². The number of nitrogens with one attached hydrogen (secondary N) is 1. The second-order valence-electron chi connectivity index (χ2n) is 4.89. The van der Waals surface area contributed by atoms with Crippen molar-refractivity contribution in [1.29, 1.82) is 0 Å². The molecule has 19 heavy (non-hydrogen) atoms. The average molecular weight is 282 g/mol. The average Bonchev–Trinajstić information content (AvgIpc) is 2.98. The summed E-state index contributed by atoms with van der Waals surface area (Å²) in [5, 5.41) is 12.8. The monoisotopic (exact) mass is 282 g/mol. The van der Waals surface area contributed by atoms with Crippen LogP contribution in [-0.2, 0) is 11.2 Å². The van der Waals surface area contributed by atoms with Crippen LogP contribution in [0, 0.1) is 5.92 Å². The largest absolute Gasteiger partial charge is 0.481 e. The predicted molar refractivity (Wildman–Crippen MR) is 72.3 cm³/mol. The number of carbonyl (C=O) groups is 2. The molecule has 6 heteroatoms. The Morgan fingerprint density at radius 1 is 1.53 bits per heavy atom. The Hall–Kier alpha value is -1.43. The van der Waals surface area contributed by atoms with E-state index < -0.39 is 5.97 Å². The normalized spacial score (nSPS) is 22.4. The molecule has 0 aliphatic heterocycles. The second kappa shape index (κ2) is 6.14. The molecule has 1 fully saturated rings. The van der Waals surface area contributed by atoms with E-state index in [1.54, 1.807) is 6.20 Å². The number of nitrogens with zero attached hydrogens (tertiary/aromatic N) is 1. The van der Waals surface area contributed by atoms with E-state index in [0.717, 1.165) is 24.3 Å². The zero-order chi connectivity index (χ0) is 13.8. The third-order valence-electron chi connectivity index (χ3n) is 3.36. The number of hydrogen-bond donors (Lipinski definition) is 2. The van der Waals surface area contributed by atoms with Crippen molar-refractivity contribution in [2.45, 2.75) is 45.1 Å². The minimum atomic E-state index is -0.764. The van der Waals surface area contributed by atoms with Crippen LogP contribution in [-0.4, -0.2) is 28.0 Å². The molecule has 0 radical (unpaired) electrons. The van der Waals surface area contributed by atoms with Gasteiger partial charge in [-0.05, 0) is 32.1 Å². The van der Waals surface area contributed by atoms with Crippen molar-refractivity contribution in [3.8, 4) is 0 Å². The summed E-state index contributed by atoms with van der Waals surface area (Å²) in [6.07, 6.45) is 5.42. The summed E-state index contributed by atoms with van der Waals surface area (Å²) < 4.78 is 0. The number of aromatic nitrogens is 1. The smallest absolute Gasteiger partial charge is 0.306 e. The summed E-state index contributed by atoms with van der Waals surface area (Å²) >= 11 is 1.42. The highest BCUT2D eigenvalue weighted by Crippen LogP contribution is 2.26. The molecule has 1 saturated carbocycles. The van der Waals surface area contributed by atoms with Crippen LogP contribution in [0.1, 0.15) is 47.3 Å². The van der Waals surface area contributed by atoms with E-state index in [-0.39, 0.29) is 17.9 Å². The lowest BCUT2D eigenvalue weighted by Crippen LogP contribution is -2.32. The van der Waals surface area contributed by atoms with Crippen LogP contribution in [0.25, 0.3) is 0 Å². The first kappa shape index (κ1) is 14.0. The van der Waals surface area contributed by atoms with Gasteiger partial charge in [-0.1, -0.05) is 6.92 Å². The molecule has 0 spiro atoms. The van der Waals surface area contributed by atoms with Crippen molar-refractivity contribution in [1.82, 2.24) is 10.3 Å². The number of aryl methyl sites for hydroxylation is 1. The molecule has 1 aromatic heterocycles. The van der Waals surface area contributed by atoms with Gasteiger partial charge in [-0.2, -0.15) is 0 Å². The van der Waals surface area contributed by atoms with E-state index in [1.165, 1.54) is 11.3 Å². The SMILES string of the molecule is CCCc1ncc(C(=O)N[C@H]2CC[C@@H](C(=O)O)C2)s1. The molecule has 5 nitrogen and oxygen atoms in total. The highest BCUT2D eigenvalue weighted by molar-refractivity contribution is 7.13. The van der Waals surface area contributed by atoms with E-state index in [0.29, 0.717) is 17.7 Å². The first-order valence-electron chi connectivity index (χ1n) is 6.58. The van der Waals surface area contributed by atoms with Gasteiger partial charge in [-0.15, -0.1) is 11.3 Å². The fourth-order valence-corrected chi connectivity index (χ4v) is 3.26. The Labute approximate surface area is 116 Å². The summed E-state index contributed by atoms with van der Waals surface area (Å²) in [6.45, 7) is 2.08. The minimum absolute atomic E-state index is 0.0228. The molecule has 2 N–H and O–H groups in total. The Morgan fingerprint density at radius 2 is 2.32 bits per heavy atom. The van der Waals surface area contributed by atoms with Crippen LogP contribution >= 0.6 is 11.3 Å². The molecule has 2 atom stereocenters. The van der Waals surface area contributed by atoms with Crippen LogP contribution < -0.4 is 5.32 Å². The van der Waals surface area contributed by atoms with E-state index >= 15 is 0 Å². The fraction of sp³-hybridized carbons (Fsp3) is 0.615. The van der Waals surface area contributed by atoms with Crippen molar-refractivity contribution < 1.29 is 14.7 Å². The standard InChI is InChI=1S/C13H18N2O3S/c1-2-3-11-14-7-10(19-11)12(16)15-9-5-4-8(6-9)13(17)18/h7-9H,2-6H2,1H3,(H,15,16)(H,17,18)/t8-,9+/m1/s1. The maximum atomic E-state index is 12.0. The van der Waals surface area contributed by atoms with Gasteiger partial charge in [-0.25, -0.2) is 4.98 Å². The highest BCUT2D eigenvalue weighted by Gasteiger charge is 2.30. The maximum absolute atomic E-state index is 12.0. The quantitative estimate of drug-likeness (QED) is 0.866. The van der Waals surface area contributed by atoms with E-state index in [9.17, 15) is 9.59 Å². The van der Waals surface area contributed by atoms with Crippen molar-refractivity contribution in [2.75, 3.05) is 0 Å². The molecular weight excluding hydrogens is 264 g/mol. The van der Waals surface area contributed by atoms with Gasteiger partial charge < -0.3 is 10.4 Å². The molecule has 2 rings (SSSR count). The third-order valence-corrected chi connectivity index (χ3v) is 4.41. The molecule has 1 amide bonds. The van der Waals surface area contributed by atoms with Crippen molar-refractivity contribution in [3.63, 3.8) is 0 Å². The predicted octanol–water partition coefficient (Wildman–Crippen LogP) is 2.08. The van der Waals surface area contributed by atoms with Crippen molar-refractivity contribution in [2.24, 2.45) is 5.92 Å². The Kier molecular flexibility index (Phi) is 4.52. The van der Waals surface area contributed by atoms with Crippen LogP contribution in [0.15, 0.2) is 6.20 Å². The Bertz CT molecular complexity index is 472. The van der Waals surface area contributed by atoms with Gasteiger partial charge in [0.1, 0.15) is 4.88 Å². The maximum Gasteiger partial charge on any atom is 0.306 e. The number of thiazole rings is 1. The summed E-state index contributed by atoms with van der Waals surface area (Å²) in [7, 11) is 0. The first-order valence-corrected chi connectivity index (χ1v) is 7.40. The van der Waals surface area contributed by atoms with E-state index in [1.807, 2.05) is 0 Å². The van der Waals surface area contributed by atoms with Crippen LogP contribution in [0.5, 0.6) is 0 Å². The first-order chi connectivity index (χ1) is 9.10. The van der Waals surface area contributed by atoms with Gasteiger partial charge in [0.2, 0.25) is 0 Å². The summed E-state index contributed by atoms with van der Waals surface area (Å²) in [4.78, 5) is 27.7. The molecule has 1 aliphatic carbocycles. The molecule has 104 valence electrons. The van der Waals surface area contributed by atoms with Gasteiger partial charge in [0, 0.05) is 6.04 Å². The number of hydrogen-bond acceptors (Lipinski definition) is 4.